The van der Waals surface area contributed by atoms with Crippen molar-refractivity contribution < 1.29 is 29.2 Å². The van der Waals surface area contributed by atoms with E-state index in [0.29, 0.717) is 0 Å². The van der Waals surface area contributed by atoms with Crippen molar-refractivity contribution in [2.24, 2.45) is 0 Å². The zero-order valence-electron chi connectivity index (χ0n) is 23.6. The molecule has 0 fully saturated rings. The van der Waals surface area contributed by atoms with Crippen LogP contribution < -0.4 is 14.4 Å². The third kappa shape index (κ3) is 6.52. The molecule has 6 rings (SSSR count). The van der Waals surface area contributed by atoms with E-state index in [1.165, 1.54) is 43.9 Å². The second-order valence-electron chi connectivity index (χ2n) is 10.2. The van der Waals surface area contributed by atoms with E-state index in [9.17, 15) is 0 Å². The summed E-state index contributed by atoms with van der Waals surface area (Å²) >= 11 is 0. The number of fused-ring (bicyclic) bond motifs is 1. The van der Waals surface area contributed by atoms with Crippen LogP contribution in [0.25, 0.3) is 21.5 Å². The van der Waals surface area contributed by atoms with E-state index in [-0.39, 0.29) is 28.0 Å². The van der Waals surface area contributed by atoms with Crippen LogP contribution in [0.4, 0.5) is 0 Å². The molecule has 1 radical (unpaired) electrons. The number of hydrogen-bond acceptors (Lipinski definition) is 2. The molecule has 0 amide bonds. The summed E-state index contributed by atoms with van der Waals surface area (Å²) in [6.07, 6.45) is 0. The third-order valence-corrected chi connectivity index (χ3v) is 8.63. The van der Waals surface area contributed by atoms with Crippen molar-refractivity contribution in [1.29, 1.82) is 0 Å². The molecule has 5 aromatic rings. The van der Waals surface area contributed by atoms with Gasteiger partial charge >= 0.3 is 8.38 Å². The summed E-state index contributed by atoms with van der Waals surface area (Å²) in [6.45, 7) is 17.8. The molecule has 5 aromatic carbocycles. The van der Waals surface area contributed by atoms with E-state index < -0.39 is 8.38 Å². The van der Waals surface area contributed by atoms with Crippen LogP contribution in [0.15, 0.2) is 72.8 Å². The minimum atomic E-state index is -1.58. The Balaban J connectivity index is 0.000000225. The third-order valence-electron chi connectivity index (χ3n) is 6.96. The molecule has 0 saturated carbocycles. The molecule has 1 heterocycles. The molecular formula is C33H38IrO2P2. The zero-order chi connectivity index (χ0) is 26.7. The molecule has 1 aliphatic heterocycles. The number of hydrogen-bond donors (Lipinski definition) is 0. The van der Waals surface area contributed by atoms with Gasteiger partial charge in [-0.05, 0) is 25.4 Å². The van der Waals surface area contributed by atoms with Crippen molar-refractivity contribution in [3.8, 4) is 11.5 Å². The van der Waals surface area contributed by atoms with E-state index >= 15 is 0 Å². The maximum atomic E-state index is 6.31. The second kappa shape index (κ2) is 13.3. The van der Waals surface area contributed by atoms with E-state index in [0.717, 1.165) is 22.3 Å². The maximum absolute atomic E-state index is 6.31. The summed E-state index contributed by atoms with van der Waals surface area (Å²) < 4.78 is 12.5. The Morgan fingerprint density at radius 1 is 0.789 bits per heavy atom. The van der Waals surface area contributed by atoms with Crippen LogP contribution in [0, 0.1) is 40.7 Å². The minimum Gasteiger partial charge on any atom is -0.348 e. The van der Waals surface area contributed by atoms with Gasteiger partial charge in [-0.15, -0.1) is 29.7 Å². The molecule has 1 aliphatic rings. The van der Waals surface area contributed by atoms with Crippen LogP contribution in [0.5, 0.6) is 11.5 Å². The Kier molecular flexibility index (Phi) is 10.6. The van der Waals surface area contributed by atoms with Gasteiger partial charge in [0.2, 0.25) is 0 Å². The van der Waals surface area contributed by atoms with Gasteiger partial charge in [0.15, 0.2) is 11.1 Å². The van der Waals surface area contributed by atoms with Crippen LogP contribution in [0.3, 0.4) is 0 Å². The van der Waals surface area contributed by atoms with Gasteiger partial charge in [-0.3, -0.25) is 0 Å². The second-order valence-corrected chi connectivity index (χ2v) is 14.7. The van der Waals surface area contributed by atoms with Crippen molar-refractivity contribution >= 4 is 43.1 Å². The summed E-state index contributed by atoms with van der Waals surface area (Å²) in [7, 11) is -1.46. The van der Waals surface area contributed by atoms with E-state index in [2.05, 4.69) is 97.1 Å². The van der Waals surface area contributed by atoms with Crippen LogP contribution in [-0.4, -0.2) is 20.0 Å². The molecular weight excluding hydrogens is 683 g/mol. The van der Waals surface area contributed by atoms with Crippen LogP contribution in [-0.2, 0) is 20.1 Å². The van der Waals surface area contributed by atoms with E-state index in [1.807, 2.05) is 36.4 Å². The van der Waals surface area contributed by atoms with Gasteiger partial charge in [-0.1, -0.05) is 82.5 Å². The summed E-state index contributed by atoms with van der Waals surface area (Å²) in [5, 5.41) is 5.69. The first kappa shape index (κ1) is 30.4. The average molecular weight is 721 g/mol. The molecule has 0 spiro atoms. The molecule has 0 aromatic heterocycles. The Hall–Kier alpha value is -2.14. The van der Waals surface area contributed by atoms with E-state index in [1.54, 1.807) is 0 Å². The van der Waals surface area contributed by atoms with Crippen molar-refractivity contribution in [3.63, 3.8) is 0 Å². The monoisotopic (exact) mass is 721 g/mol. The van der Waals surface area contributed by atoms with Crippen molar-refractivity contribution in [2.45, 2.75) is 34.6 Å². The average Bonchev–Trinajstić information content (AvgIpc) is 3.32. The van der Waals surface area contributed by atoms with Crippen LogP contribution in [0.1, 0.15) is 27.8 Å². The molecule has 0 aliphatic carbocycles. The first-order chi connectivity index (χ1) is 17.7. The molecule has 0 N–H and O–H groups in total. The predicted molar refractivity (Wildman–Crippen MR) is 168 cm³/mol. The summed E-state index contributed by atoms with van der Waals surface area (Å²) in [5.74, 6) is 1.76. The number of benzene rings is 4. The van der Waals surface area contributed by atoms with Crippen LogP contribution in [0.2, 0.25) is 0 Å². The zero-order valence-corrected chi connectivity index (χ0v) is 28.0. The quantitative estimate of drug-likeness (QED) is 0.134. The summed E-state index contributed by atoms with van der Waals surface area (Å²) in [6, 6.07) is 27.8. The maximum Gasteiger partial charge on any atom is 0.372 e. The fourth-order valence-corrected chi connectivity index (χ4v) is 6.21. The summed E-state index contributed by atoms with van der Waals surface area (Å²) in [4.78, 5) is 0. The Morgan fingerprint density at radius 3 is 1.95 bits per heavy atom. The van der Waals surface area contributed by atoms with Crippen molar-refractivity contribution in [2.75, 3.05) is 20.0 Å². The van der Waals surface area contributed by atoms with Gasteiger partial charge < -0.3 is 9.05 Å². The van der Waals surface area contributed by atoms with Crippen molar-refractivity contribution in [1.82, 2.24) is 0 Å². The fourth-order valence-electron chi connectivity index (χ4n) is 4.51. The Morgan fingerprint density at radius 2 is 1.34 bits per heavy atom. The minimum absolute atomic E-state index is 0. The molecule has 1 unspecified atom stereocenters. The predicted octanol–water partition coefficient (Wildman–Crippen LogP) is 8.97. The van der Waals surface area contributed by atoms with Crippen molar-refractivity contribution in [3.05, 3.63) is 107 Å². The molecule has 2 nitrogen and oxygen atoms in total. The largest absolute Gasteiger partial charge is 0.372 e. The van der Waals surface area contributed by atoms with Gasteiger partial charge in [-0.2, -0.15) is 27.8 Å². The van der Waals surface area contributed by atoms with Gasteiger partial charge in [0.1, 0.15) is 5.75 Å². The van der Waals surface area contributed by atoms with Gasteiger partial charge in [-0.25, -0.2) is 0 Å². The van der Waals surface area contributed by atoms with Gasteiger partial charge in [0, 0.05) is 40.1 Å². The molecule has 201 valence electrons. The molecule has 38 heavy (non-hydrogen) atoms. The smallest absolute Gasteiger partial charge is 0.348 e. The normalized spacial score (nSPS) is 13.2. The standard InChI is InChI=1S/C20H12O2P.C10H15.C3H9P.Ir/c1-2-10-16-14(6-1)7-3-11-17(16)21-23-19-13-5-9-15-8-4-12-18(22-23)20(15)19;1-6-7(2)9(4)10(5)8(6)3;1-4(2)3;/h1-9,11-13H;1-5H3;1-3H3;/q2*-1;;/p+2. The summed E-state index contributed by atoms with van der Waals surface area (Å²) in [5.41, 5.74) is 7.34. The first-order valence-corrected chi connectivity index (χ1v) is 17.1. The first-order valence-electron chi connectivity index (χ1n) is 12.8. The molecule has 0 bridgehead atoms. The Bertz CT molecular complexity index is 1440. The SMILES string of the molecule is C[PH+](C)C.Cc1c(C)c(C)[c-](C)c1C.[Ir].[c-]1cccc2cccc(O[PH+]3Oc4cccc5cccc3c45)c12. The van der Waals surface area contributed by atoms with E-state index in [4.69, 9.17) is 9.05 Å². The molecule has 0 saturated heterocycles. The fraction of sp³-hybridized carbons (Fsp3) is 0.242. The topological polar surface area (TPSA) is 18.5 Å². The molecule has 1 atom stereocenters. The van der Waals surface area contributed by atoms with Gasteiger partial charge in [0.25, 0.3) is 0 Å². The Labute approximate surface area is 244 Å². The van der Waals surface area contributed by atoms with Crippen LogP contribution >= 0.6 is 16.3 Å². The van der Waals surface area contributed by atoms with Gasteiger partial charge in [0.05, 0.1) is 5.39 Å². The number of rotatable bonds is 2. The molecule has 5 heteroatoms.